The quantitative estimate of drug-likeness (QED) is 0.707. The monoisotopic (exact) mass is 272 g/mol. The lowest BCUT2D eigenvalue weighted by Gasteiger charge is -2.19. The average molecular weight is 272 g/mol. The Balaban J connectivity index is 2.19. The predicted octanol–water partition coefficient (Wildman–Crippen LogP) is 2.81. The van der Waals surface area contributed by atoms with Gasteiger partial charge in [-0.15, -0.1) is 0 Å². The fraction of sp³-hybridized carbons (Fsp3) is 0.250. The van der Waals surface area contributed by atoms with Gasteiger partial charge >= 0.3 is 0 Å². The number of nitrogens with one attached hydrogen (secondary N) is 1. The van der Waals surface area contributed by atoms with Gasteiger partial charge in [-0.2, -0.15) is 0 Å². The number of ether oxygens (including phenoxy) is 1. The third kappa shape index (κ3) is 3.65. The number of anilines is 2. The van der Waals surface area contributed by atoms with Crippen LogP contribution in [0, 0.1) is 0 Å². The molecule has 1 atom stereocenters. The van der Waals surface area contributed by atoms with E-state index in [2.05, 4.69) is 5.32 Å². The van der Waals surface area contributed by atoms with Crippen molar-refractivity contribution in [2.45, 2.75) is 13.0 Å². The first-order chi connectivity index (χ1) is 9.72. The molecule has 0 aliphatic rings. The summed E-state index contributed by atoms with van der Waals surface area (Å²) < 4.78 is 5.47. The van der Waals surface area contributed by atoms with E-state index in [1.165, 1.54) is 0 Å². The first kappa shape index (κ1) is 14.2. The van der Waals surface area contributed by atoms with Crippen molar-refractivity contribution in [2.24, 2.45) is 0 Å². The van der Waals surface area contributed by atoms with Gasteiger partial charge in [0.05, 0.1) is 19.3 Å². The van der Waals surface area contributed by atoms with Crippen molar-refractivity contribution < 1.29 is 9.84 Å². The normalized spacial score (nSPS) is 11.9. The molecule has 20 heavy (non-hydrogen) atoms. The number of hydrogen-bond acceptors (Lipinski definition) is 4. The van der Waals surface area contributed by atoms with Gasteiger partial charge in [0, 0.05) is 23.5 Å². The van der Waals surface area contributed by atoms with E-state index in [-0.39, 0.29) is 12.6 Å². The minimum absolute atomic E-state index is 0.00276. The lowest BCUT2D eigenvalue weighted by molar-refractivity contribution is 0.276. The number of nitrogens with two attached hydrogens (primary N) is 1. The number of hydrogen-bond donors (Lipinski definition) is 3. The van der Waals surface area contributed by atoms with Crippen LogP contribution in [0.25, 0.3) is 0 Å². The molecule has 0 fully saturated rings. The molecule has 2 rings (SSSR count). The summed E-state index contributed by atoms with van der Waals surface area (Å²) in [4.78, 5) is 0. The van der Waals surface area contributed by atoms with Crippen LogP contribution in [0.2, 0.25) is 0 Å². The van der Waals surface area contributed by atoms with Crippen LogP contribution in [0.15, 0.2) is 48.5 Å². The zero-order valence-electron chi connectivity index (χ0n) is 11.5. The number of benzene rings is 2. The molecular formula is C16H20N2O2. The Morgan fingerprint density at radius 2 is 1.95 bits per heavy atom. The van der Waals surface area contributed by atoms with Gasteiger partial charge in [-0.05, 0) is 18.6 Å². The zero-order chi connectivity index (χ0) is 14.4. The molecule has 0 aromatic heterocycles. The Kier molecular flexibility index (Phi) is 4.85. The molecule has 4 heteroatoms. The fourth-order valence-corrected chi connectivity index (χ4v) is 2.08. The van der Waals surface area contributed by atoms with Gasteiger partial charge in [-0.25, -0.2) is 0 Å². The van der Waals surface area contributed by atoms with Gasteiger partial charge in [0.25, 0.3) is 0 Å². The second-order valence-electron chi connectivity index (χ2n) is 4.51. The summed E-state index contributed by atoms with van der Waals surface area (Å²) >= 11 is 0. The van der Waals surface area contributed by atoms with Gasteiger partial charge in [-0.3, -0.25) is 0 Å². The van der Waals surface area contributed by atoms with Gasteiger partial charge in [-0.1, -0.05) is 30.3 Å². The molecule has 106 valence electrons. The van der Waals surface area contributed by atoms with E-state index in [0.717, 1.165) is 17.0 Å². The summed E-state index contributed by atoms with van der Waals surface area (Å²) in [5.41, 5.74) is 8.34. The standard InChI is InChI=1S/C16H20N2O2/c1-2-20-15-9-13(17)8-14(10-15)18-16(11-19)12-6-4-3-5-7-12/h3-10,16,18-19H,2,11,17H2,1H3. The van der Waals surface area contributed by atoms with Crippen LogP contribution in [-0.4, -0.2) is 18.3 Å². The molecule has 0 saturated carbocycles. The SMILES string of the molecule is CCOc1cc(N)cc(NC(CO)c2ccccc2)c1. The Morgan fingerprint density at radius 3 is 2.60 bits per heavy atom. The maximum atomic E-state index is 9.56. The van der Waals surface area contributed by atoms with E-state index in [1.807, 2.05) is 49.4 Å². The second kappa shape index (κ2) is 6.82. The molecular weight excluding hydrogens is 252 g/mol. The molecule has 0 heterocycles. The maximum Gasteiger partial charge on any atom is 0.123 e. The van der Waals surface area contributed by atoms with E-state index in [1.54, 1.807) is 6.07 Å². The predicted molar refractivity (Wildman–Crippen MR) is 81.9 cm³/mol. The molecule has 0 aliphatic carbocycles. The maximum absolute atomic E-state index is 9.56. The smallest absolute Gasteiger partial charge is 0.123 e. The van der Waals surface area contributed by atoms with Crippen molar-refractivity contribution in [3.05, 3.63) is 54.1 Å². The summed E-state index contributed by atoms with van der Waals surface area (Å²) in [6.07, 6.45) is 0. The van der Waals surface area contributed by atoms with E-state index in [0.29, 0.717) is 12.3 Å². The van der Waals surface area contributed by atoms with Crippen LogP contribution in [-0.2, 0) is 0 Å². The van der Waals surface area contributed by atoms with E-state index >= 15 is 0 Å². The van der Waals surface area contributed by atoms with Gasteiger partial charge < -0.3 is 20.9 Å². The number of rotatable bonds is 6. The van der Waals surface area contributed by atoms with Crippen LogP contribution in [0.3, 0.4) is 0 Å². The Bertz CT molecular complexity index is 543. The Hall–Kier alpha value is -2.20. The summed E-state index contributed by atoms with van der Waals surface area (Å²) in [6, 6.07) is 15.1. The Morgan fingerprint density at radius 1 is 1.20 bits per heavy atom. The highest BCUT2D eigenvalue weighted by Crippen LogP contribution is 2.26. The average Bonchev–Trinajstić information content (AvgIpc) is 2.45. The minimum atomic E-state index is -0.174. The summed E-state index contributed by atoms with van der Waals surface area (Å²) in [5.74, 6) is 0.722. The third-order valence-corrected chi connectivity index (χ3v) is 2.97. The lowest BCUT2D eigenvalue weighted by atomic mass is 10.1. The first-order valence-electron chi connectivity index (χ1n) is 6.68. The number of aliphatic hydroxyl groups is 1. The van der Waals surface area contributed by atoms with E-state index in [9.17, 15) is 5.11 Å². The topological polar surface area (TPSA) is 67.5 Å². The minimum Gasteiger partial charge on any atom is -0.494 e. The van der Waals surface area contributed by atoms with Crippen LogP contribution >= 0.6 is 0 Å². The highest BCUT2D eigenvalue weighted by atomic mass is 16.5. The van der Waals surface area contributed by atoms with Crippen molar-refractivity contribution in [3.63, 3.8) is 0 Å². The highest BCUT2D eigenvalue weighted by Gasteiger charge is 2.10. The molecule has 2 aromatic rings. The lowest BCUT2D eigenvalue weighted by Crippen LogP contribution is -2.15. The van der Waals surface area contributed by atoms with Crippen LogP contribution in [0.5, 0.6) is 5.75 Å². The van der Waals surface area contributed by atoms with Crippen molar-refractivity contribution in [1.29, 1.82) is 0 Å². The van der Waals surface area contributed by atoms with E-state index < -0.39 is 0 Å². The number of aliphatic hydroxyl groups excluding tert-OH is 1. The van der Waals surface area contributed by atoms with Crippen molar-refractivity contribution >= 4 is 11.4 Å². The molecule has 0 saturated heterocycles. The molecule has 1 unspecified atom stereocenters. The molecule has 4 nitrogen and oxygen atoms in total. The molecule has 0 spiro atoms. The Labute approximate surface area is 119 Å². The van der Waals surface area contributed by atoms with Crippen LogP contribution in [0.4, 0.5) is 11.4 Å². The van der Waals surface area contributed by atoms with Crippen LogP contribution < -0.4 is 15.8 Å². The summed E-state index contributed by atoms with van der Waals surface area (Å²) in [7, 11) is 0. The zero-order valence-corrected chi connectivity index (χ0v) is 11.5. The molecule has 0 radical (unpaired) electrons. The molecule has 0 aliphatic heterocycles. The largest absolute Gasteiger partial charge is 0.494 e. The molecule has 0 amide bonds. The van der Waals surface area contributed by atoms with Gasteiger partial charge in [0.2, 0.25) is 0 Å². The summed E-state index contributed by atoms with van der Waals surface area (Å²) in [6.45, 7) is 2.52. The summed E-state index contributed by atoms with van der Waals surface area (Å²) in [5, 5.41) is 12.8. The second-order valence-corrected chi connectivity index (χ2v) is 4.51. The highest BCUT2D eigenvalue weighted by molar-refractivity contribution is 5.60. The van der Waals surface area contributed by atoms with Gasteiger partial charge in [0.15, 0.2) is 0 Å². The third-order valence-electron chi connectivity index (χ3n) is 2.97. The molecule has 0 bridgehead atoms. The fourth-order valence-electron chi connectivity index (χ4n) is 2.08. The van der Waals surface area contributed by atoms with Gasteiger partial charge in [0.1, 0.15) is 5.75 Å². The first-order valence-corrected chi connectivity index (χ1v) is 6.68. The van der Waals surface area contributed by atoms with Crippen molar-refractivity contribution in [2.75, 3.05) is 24.3 Å². The van der Waals surface area contributed by atoms with Crippen molar-refractivity contribution in [1.82, 2.24) is 0 Å². The van der Waals surface area contributed by atoms with E-state index in [4.69, 9.17) is 10.5 Å². The van der Waals surface area contributed by atoms with Crippen LogP contribution in [0.1, 0.15) is 18.5 Å². The molecule has 2 aromatic carbocycles. The number of nitrogen functional groups attached to an aromatic ring is 1. The molecule has 4 N–H and O–H groups in total. The van der Waals surface area contributed by atoms with Crippen molar-refractivity contribution in [3.8, 4) is 5.75 Å².